The second kappa shape index (κ2) is 7.45. The first-order valence-electron chi connectivity index (χ1n) is 9.56. The van der Waals surface area contributed by atoms with Crippen LogP contribution in [0.1, 0.15) is 44.9 Å². The third-order valence-electron chi connectivity index (χ3n) is 6.43. The van der Waals surface area contributed by atoms with Crippen molar-refractivity contribution in [2.24, 2.45) is 17.3 Å². The van der Waals surface area contributed by atoms with E-state index >= 15 is 0 Å². The second-order valence-electron chi connectivity index (χ2n) is 8.93. The van der Waals surface area contributed by atoms with Crippen LogP contribution < -0.4 is 0 Å². The second-order valence-corrected chi connectivity index (χ2v) is 10.4. The summed E-state index contributed by atoms with van der Waals surface area (Å²) in [6, 6.07) is 0. The fraction of sp³-hybridized carbons (Fsp3) is 0.882. The van der Waals surface area contributed by atoms with Gasteiger partial charge in [0.15, 0.2) is 0 Å². The SMILES string of the molecule is O=C(OCCC(F)(F)C(F)(F)S(=O)(=O)O)C12CC3CC(CC(OC(F)(F)C(=O)O)(C3)C1)C2. The number of carboxylic acid groups (broad SMARTS) is 1. The van der Waals surface area contributed by atoms with E-state index < -0.39 is 63.4 Å². The van der Waals surface area contributed by atoms with Gasteiger partial charge in [0.2, 0.25) is 0 Å². The van der Waals surface area contributed by atoms with E-state index in [1.807, 2.05) is 0 Å². The zero-order chi connectivity index (χ0) is 24.4. The molecule has 2 N–H and O–H groups in total. The average molecular weight is 498 g/mol. The molecule has 2 unspecified atom stereocenters. The van der Waals surface area contributed by atoms with Crippen molar-refractivity contribution in [1.29, 1.82) is 0 Å². The molecule has 184 valence electrons. The van der Waals surface area contributed by atoms with Gasteiger partial charge < -0.3 is 14.6 Å². The number of esters is 1. The molecule has 4 saturated carbocycles. The molecule has 0 aromatic heterocycles. The van der Waals surface area contributed by atoms with Gasteiger partial charge in [-0.05, 0) is 50.4 Å². The fourth-order valence-corrected chi connectivity index (χ4v) is 6.09. The van der Waals surface area contributed by atoms with Gasteiger partial charge in [-0.25, -0.2) is 4.79 Å². The highest BCUT2D eigenvalue weighted by atomic mass is 32.2. The summed E-state index contributed by atoms with van der Waals surface area (Å²) < 4.78 is 120. The van der Waals surface area contributed by atoms with Crippen molar-refractivity contribution in [3.05, 3.63) is 0 Å². The zero-order valence-electron chi connectivity index (χ0n) is 16.3. The van der Waals surface area contributed by atoms with Crippen LogP contribution in [0.25, 0.3) is 0 Å². The minimum atomic E-state index is -6.44. The van der Waals surface area contributed by atoms with Crippen molar-refractivity contribution in [2.45, 2.75) is 67.8 Å². The lowest BCUT2D eigenvalue weighted by Gasteiger charge is -2.60. The van der Waals surface area contributed by atoms with E-state index in [-0.39, 0.29) is 43.9 Å². The maximum absolute atomic E-state index is 13.8. The summed E-state index contributed by atoms with van der Waals surface area (Å²) in [5.41, 5.74) is -3.09. The molecule has 4 bridgehead atoms. The predicted molar refractivity (Wildman–Crippen MR) is 90.5 cm³/mol. The topological polar surface area (TPSA) is 127 Å². The summed E-state index contributed by atoms with van der Waals surface area (Å²) in [6.07, 6.45) is -5.80. The van der Waals surface area contributed by atoms with Crippen LogP contribution in [0.2, 0.25) is 0 Å². The zero-order valence-corrected chi connectivity index (χ0v) is 17.1. The fourth-order valence-electron chi connectivity index (χ4n) is 5.61. The Morgan fingerprint density at radius 3 is 2.00 bits per heavy atom. The number of hydrogen-bond donors (Lipinski definition) is 2. The third kappa shape index (κ3) is 4.18. The van der Waals surface area contributed by atoms with Gasteiger partial charge in [-0.1, -0.05) is 0 Å². The number of carboxylic acids is 1. The molecule has 15 heteroatoms. The van der Waals surface area contributed by atoms with E-state index in [4.69, 9.17) is 14.4 Å². The van der Waals surface area contributed by atoms with Crippen LogP contribution in [0.4, 0.5) is 26.3 Å². The van der Waals surface area contributed by atoms with Gasteiger partial charge in [-0.2, -0.15) is 34.8 Å². The smallest absolute Gasteiger partial charge is 0.456 e. The van der Waals surface area contributed by atoms with E-state index in [0.717, 1.165) is 0 Å². The molecule has 4 rings (SSSR count). The average Bonchev–Trinajstić information content (AvgIpc) is 2.58. The molecule has 2 atom stereocenters. The molecular weight excluding hydrogens is 478 g/mol. The molecule has 32 heavy (non-hydrogen) atoms. The first kappa shape index (κ1) is 25.0. The molecule has 0 aliphatic heterocycles. The number of aliphatic carboxylic acids is 1. The Bertz CT molecular complexity index is 891. The molecule has 0 aromatic rings. The highest BCUT2D eigenvalue weighted by Gasteiger charge is 2.66. The van der Waals surface area contributed by atoms with Crippen LogP contribution in [0.5, 0.6) is 0 Å². The molecule has 4 aliphatic carbocycles. The molecule has 0 saturated heterocycles. The molecule has 4 aliphatic rings. The highest BCUT2D eigenvalue weighted by Crippen LogP contribution is 2.64. The third-order valence-corrected chi connectivity index (χ3v) is 7.38. The Hall–Kier alpha value is -1.61. The Morgan fingerprint density at radius 2 is 1.53 bits per heavy atom. The van der Waals surface area contributed by atoms with Gasteiger partial charge in [0, 0.05) is 0 Å². The van der Waals surface area contributed by atoms with Crippen LogP contribution in [0.3, 0.4) is 0 Å². The van der Waals surface area contributed by atoms with Crippen molar-refractivity contribution < 1.29 is 63.5 Å². The van der Waals surface area contributed by atoms with E-state index in [1.54, 1.807) is 0 Å². The Labute approximate surface area is 178 Å². The number of ether oxygens (including phenoxy) is 2. The summed E-state index contributed by atoms with van der Waals surface area (Å²) in [5.74, 6) is -9.47. The van der Waals surface area contributed by atoms with Crippen LogP contribution in [0.15, 0.2) is 0 Å². The monoisotopic (exact) mass is 498 g/mol. The number of alkyl halides is 6. The summed E-state index contributed by atoms with van der Waals surface area (Å²) in [5, 5.41) is 2.86. The molecule has 0 radical (unpaired) electrons. The van der Waals surface area contributed by atoms with Crippen molar-refractivity contribution in [3.63, 3.8) is 0 Å². The molecule has 4 fully saturated rings. The van der Waals surface area contributed by atoms with Gasteiger partial charge in [-0.15, -0.1) is 0 Å². The number of carbonyl (C=O) groups excluding carboxylic acids is 1. The van der Waals surface area contributed by atoms with E-state index in [2.05, 4.69) is 4.74 Å². The summed E-state index contributed by atoms with van der Waals surface area (Å²) in [6.45, 7) is -1.33. The number of hydrogen-bond acceptors (Lipinski definition) is 6. The van der Waals surface area contributed by atoms with E-state index in [9.17, 15) is 44.3 Å². The number of rotatable bonds is 9. The van der Waals surface area contributed by atoms with Crippen LogP contribution in [0, 0.1) is 17.3 Å². The highest BCUT2D eigenvalue weighted by molar-refractivity contribution is 7.87. The van der Waals surface area contributed by atoms with Crippen molar-refractivity contribution in [2.75, 3.05) is 6.61 Å². The van der Waals surface area contributed by atoms with Gasteiger partial charge in [0.25, 0.3) is 0 Å². The maximum Gasteiger partial charge on any atom is 0.456 e. The van der Waals surface area contributed by atoms with Gasteiger partial charge in [0.05, 0.1) is 24.0 Å². The van der Waals surface area contributed by atoms with Crippen LogP contribution in [-0.4, -0.2) is 59.5 Å². The Morgan fingerprint density at radius 1 is 1.00 bits per heavy atom. The first-order valence-corrected chi connectivity index (χ1v) is 11.0. The molecule has 0 heterocycles. The lowest BCUT2D eigenvalue weighted by molar-refractivity contribution is -0.321. The van der Waals surface area contributed by atoms with Crippen LogP contribution >= 0.6 is 0 Å². The van der Waals surface area contributed by atoms with E-state index in [0.29, 0.717) is 6.42 Å². The molecule has 0 amide bonds. The molecule has 0 aromatic carbocycles. The quantitative estimate of drug-likeness (QED) is 0.282. The largest absolute Gasteiger partial charge is 0.475 e. The minimum Gasteiger partial charge on any atom is -0.475 e. The molecule has 0 spiro atoms. The van der Waals surface area contributed by atoms with Crippen LogP contribution in [-0.2, 0) is 29.2 Å². The summed E-state index contributed by atoms with van der Waals surface area (Å²) in [7, 11) is -6.44. The number of halogens is 6. The van der Waals surface area contributed by atoms with Gasteiger partial charge in [-0.3, -0.25) is 9.35 Å². The lowest BCUT2D eigenvalue weighted by atomic mass is 9.48. The first-order chi connectivity index (χ1) is 14.3. The summed E-state index contributed by atoms with van der Waals surface area (Å²) >= 11 is 0. The Balaban J connectivity index is 1.71. The van der Waals surface area contributed by atoms with Gasteiger partial charge in [0.1, 0.15) is 0 Å². The lowest BCUT2D eigenvalue weighted by Crippen LogP contribution is -2.61. The van der Waals surface area contributed by atoms with Crippen molar-refractivity contribution in [1.82, 2.24) is 0 Å². The standard InChI is InChI=1S/C17H20F6O8S/c18-15(19,17(22,23)32(27,28)29)1-2-30-12(26)13-4-9-3-10(5-13)7-14(6-9,8-13)31-16(20,21)11(24)25/h9-10H,1-8H2,(H,24,25)(H,27,28,29). The normalized spacial score (nSPS) is 32.7. The molecule has 8 nitrogen and oxygen atoms in total. The predicted octanol–water partition coefficient (Wildman–Crippen LogP) is 3.07. The Kier molecular flexibility index (Phi) is 5.82. The van der Waals surface area contributed by atoms with Crippen molar-refractivity contribution in [3.8, 4) is 0 Å². The minimum absolute atomic E-state index is 0.0695. The maximum atomic E-state index is 13.8. The van der Waals surface area contributed by atoms with Gasteiger partial charge >= 0.3 is 39.3 Å². The summed E-state index contributed by atoms with van der Waals surface area (Å²) in [4.78, 5) is 23.5. The van der Waals surface area contributed by atoms with Crippen molar-refractivity contribution >= 4 is 22.1 Å². The molecular formula is C17H20F6O8S. The van der Waals surface area contributed by atoms with E-state index in [1.165, 1.54) is 0 Å². The number of carbonyl (C=O) groups is 2.